The van der Waals surface area contributed by atoms with Gasteiger partial charge in [0, 0.05) is 26.7 Å². The quantitative estimate of drug-likeness (QED) is 0.698. The molecule has 1 atom stereocenters. The minimum absolute atomic E-state index is 0.257. The van der Waals surface area contributed by atoms with Crippen molar-refractivity contribution >= 4 is 0 Å². The lowest BCUT2D eigenvalue weighted by molar-refractivity contribution is 0.0381. The molecule has 118 valence electrons. The number of rotatable bonds is 7. The Bertz CT molecular complexity index is 257. The Morgan fingerprint density at radius 1 is 1.15 bits per heavy atom. The van der Waals surface area contributed by atoms with Crippen LogP contribution in [0.1, 0.15) is 44.9 Å². The average Bonchev–Trinajstić information content (AvgIpc) is 2.47. The van der Waals surface area contributed by atoms with Gasteiger partial charge in [0.1, 0.15) is 0 Å². The zero-order valence-corrected chi connectivity index (χ0v) is 13.1. The van der Waals surface area contributed by atoms with Gasteiger partial charge in [-0.2, -0.15) is 0 Å². The van der Waals surface area contributed by atoms with Gasteiger partial charge in [-0.1, -0.05) is 19.3 Å². The lowest BCUT2D eigenvalue weighted by Gasteiger charge is -2.44. The lowest BCUT2D eigenvalue weighted by atomic mass is 9.68. The van der Waals surface area contributed by atoms with Crippen molar-refractivity contribution in [2.45, 2.75) is 51.0 Å². The molecule has 0 aromatic heterocycles. The molecule has 0 aromatic rings. The maximum absolute atomic E-state index is 10.1. The first-order valence-electron chi connectivity index (χ1n) is 8.34. The summed E-state index contributed by atoms with van der Waals surface area (Å²) in [6.07, 6.45) is 9.64. The first kappa shape index (κ1) is 16.2. The number of nitrogens with zero attached hydrogens (tertiary/aromatic N) is 1. The normalized spacial score (nSPS) is 24.9. The second-order valence-electron chi connectivity index (χ2n) is 6.71. The Labute approximate surface area is 123 Å². The highest BCUT2D eigenvalue weighted by molar-refractivity contribution is 4.88. The van der Waals surface area contributed by atoms with E-state index in [1.54, 1.807) is 7.11 Å². The van der Waals surface area contributed by atoms with Crippen LogP contribution in [0.25, 0.3) is 0 Å². The fraction of sp³-hybridized carbons (Fsp3) is 1.00. The van der Waals surface area contributed by atoms with Crippen molar-refractivity contribution in [1.82, 2.24) is 10.2 Å². The van der Waals surface area contributed by atoms with E-state index < -0.39 is 0 Å². The van der Waals surface area contributed by atoms with Gasteiger partial charge in [-0.05, 0) is 44.2 Å². The summed E-state index contributed by atoms with van der Waals surface area (Å²) in [5.41, 5.74) is 0.663. The summed E-state index contributed by atoms with van der Waals surface area (Å²) in [6, 6.07) is 0. The number of β-amino-alcohol motifs (C(OH)–C–C–N with tert-alkyl or cyclic N) is 1. The molecule has 2 rings (SSSR count). The molecule has 0 bridgehead atoms. The minimum atomic E-state index is -0.257. The van der Waals surface area contributed by atoms with Crippen molar-refractivity contribution in [3.63, 3.8) is 0 Å². The third-order valence-corrected chi connectivity index (χ3v) is 5.16. The molecule has 0 amide bonds. The van der Waals surface area contributed by atoms with Gasteiger partial charge >= 0.3 is 0 Å². The molecule has 0 aromatic carbocycles. The SMILES string of the molecule is COCCNCC(O)CN1CCC2(CCCCC2)CC1. The second kappa shape index (κ2) is 8.32. The van der Waals surface area contributed by atoms with Crippen molar-refractivity contribution in [2.24, 2.45) is 5.41 Å². The fourth-order valence-corrected chi connectivity index (χ4v) is 3.82. The van der Waals surface area contributed by atoms with E-state index in [4.69, 9.17) is 4.74 Å². The van der Waals surface area contributed by atoms with Gasteiger partial charge < -0.3 is 20.1 Å². The summed E-state index contributed by atoms with van der Waals surface area (Å²) in [5.74, 6) is 0. The van der Waals surface area contributed by atoms with Crippen LogP contribution in [0.3, 0.4) is 0 Å². The van der Waals surface area contributed by atoms with Gasteiger partial charge in [0.25, 0.3) is 0 Å². The number of nitrogens with one attached hydrogen (secondary N) is 1. The van der Waals surface area contributed by atoms with Gasteiger partial charge in [0.2, 0.25) is 0 Å². The smallest absolute Gasteiger partial charge is 0.0791 e. The van der Waals surface area contributed by atoms with Crippen LogP contribution >= 0.6 is 0 Å². The molecule has 1 heterocycles. The van der Waals surface area contributed by atoms with Gasteiger partial charge in [0.15, 0.2) is 0 Å². The third kappa shape index (κ3) is 4.99. The summed E-state index contributed by atoms with van der Waals surface area (Å²) >= 11 is 0. The zero-order valence-electron chi connectivity index (χ0n) is 13.1. The number of hydrogen-bond acceptors (Lipinski definition) is 4. The molecule has 1 saturated heterocycles. The number of aliphatic hydroxyl groups excluding tert-OH is 1. The summed E-state index contributed by atoms with van der Waals surface area (Å²) in [6.45, 7) is 5.36. The summed E-state index contributed by atoms with van der Waals surface area (Å²) in [7, 11) is 1.70. The van der Waals surface area contributed by atoms with Crippen LogP contribution in [0.15, 0.2) is 0 Å². The molecule has 1 spiro atoms. The largest absolute Gasteiger partial charge is 0.390 e. The Morgan fingerprint density at radius 3 is 2.50 bits per heavy atom. The summed E-state index contributed by atoms with van der Waals surface area (Å²) in [4.78, 5) is 2.45. The predicted octanol–water partition coefficient (Wildman–Crippen LogP) is 1.63. The molecule has 4 heteroatoms. The van der Waals surface area contributed by atoms with E-state index in [0.29, 0.717) is 18.6 Å². The first-order chi connectivity index (χ1) is 9.74. The zero-order chi connectivity index (χ0) is 14.3. The van der Waals surface area contributed by atoms with Crippen molar-refractivity contribution in [3.8, 4) is 0 Å². The molecule has 4 nitrogen and oxygen atoms in total. The standard InChI is InChI=1S/C16H32N2O2/c1-20-12-9-17-13-15(19)14-18-10-7-16(8-11-18)5-3-2-4-6-16/h15,17,19H,2-14H2,1H3. The third-order valence-electron chi connectivity index (χ3n) is 5.16. The van der Waals surface area contributed by atoms with Gasteiger partial charge in [0.05, 0.1) is 12.7 Å². The highest BCUT2D eigenvalue weighted by Crippen LogP contribution is 2.44. The van der Waals surface area contributed by atoms with E-state index in [0.717, 1.165) is 13.1 Å². The van der Waals surface area contributed by atoms with Crippen LogP contribution in [0.2, 0.25) is 0 Å². The molecule has 1 aliphatic heterocycles. The van der Waals surface area contributed by atoms with Crippen LogP contribution in [0, 0.1) is 5.41 Å². The molecule has 20 heavy (non-hydrogen) atoms. The van der Waals surface area contributed by atoms with Crippen LogP contribution in [0.5, 0.6) is 0 Å². The molecule has 2 N–H and O–H groups in total. The maximum atomic E-state index is 10.1. The summed E-state index contributed by atoms with van der Waals surface area (Å²) < 4.78 is 4.98. The van der Waals surface area contributed by atoms with Crippen molar-refractivity contribution < 1.29 is 9.84 Å². The molecular formula is C16H32N2O2. The Balaban J connectivity index is 1.61. The van der Waals surface area contributed by atoms with Crippen LogP contribution < -0.4 is 5.32 Å². The average molecular weight is 284 g/mol. The van der Waals surface area contributed by atoms with E-state index in [2.05, 4.69) is 10.2 Å². The predicted molar refractivity (Wildman–Crippen MR) is 81.9 cm³/mol. The van der Waals surface area contributed by atoms with E-state index >= 15 is 0 Å². The molecule has 1 aliphatic carbocycles. The van der Waals surface area contributed by atoms with E-state index in [9.17, 15) is 5.11 Å². The second-order valence-corrected chi connectivity index (χ2v) is 6.71. The number of hydrogen-bond donors (Lipinski definition) is 2. The highest BCUT2D eigenvalue weighted by Gasteiger charge is 2.35. The number of piperidine rings is 1. The molecule has 2 aliphatic rings. The molecule has 2 fully saturated rings. The maximum Gasteiger partial charge on any atom is 0.0791 e. The fourth-order valence-electron chi connectivity index (χ4n) is 3.82. The first-order valence-corrected chi connectivity index (χ1v) is 8.34. The van der Waals surface area contributed by atoms with E-state index in [1.165, 1.54) is 58.0 Å². The number of ether oxygens (including phenoxy) is 1. The van der Waals surface area contributed by atoms with Gasteiger partial charge in [-0.25, -0.2) is 0 Å². The van der Waals surface area contributed by atoms with Gasteiger partial charge in [-0.15, -0.1) is 0 Å². The molecule has 0 radical (unpaired) electrons. The van der Waals surface area contributed by atoms with Crippen LogP contribution in [-0.4, -0.2) is 62.6 Å². The lowest BCUT2D eigenvalue weighted by Crippen LogP contribution is -2.45. The Hall–Kier alpha value is -0.160. The number of likely N-dealkylation sites (tertiary alicyclic amines) is 1. The monoisotopic (exact) mass is 284 g/mol. The minimum Gasteiger partial charge on any atom is -0.390 e. The topological polar surface area (TPSA) is 44.7 Å². The number of methoxy groups -OCH3 is 1. The number of aliphatic hydroxyl groups is 1. The highest BCUT2D eigenvalue weighted by atomic mass is 16.5. The van der Waals surface area contributed by atoms with Crippen molar-refractivity contribution in [2.75, 3.05) is 46.4 Å². The van der Waals surface area contributed by atoms with Crippen molar-refractivity contribution in [3.05, 3.63) is 0 Å². The van der Waals surface area contributed by atoms with E-state index in [1.807, 2.05) is 0 Å². The Morgan fingerprint density at radius 2 is 1.85 bits per heavy atom. The molecule has 1 saturated carbocycles. The van der Waals surface area contributed by atoms with Crippen molar-refractivity contribution in [1.29, 1.82) is 0 Å². The van der Waals surface area contributed by atoms with Crippen LogP contribution in [-0.2, 0) is 4.74 Å². The molecular weight excluding hydrogens is 252 g/mol. The van der Waals surface area contributed by atoms with Gasteiger partial charge in [-0.3, -0.25) is 0 Å². The molecule has 1 unspecified atom stereocenters. The van der Waals surface area contributed by atoms with E-state index in [-0.39, 0.29) is 6.10 Å². The Kier molecular flexibility index (Phi) is 6.75. The van der Waals surface area contributed by atoms with Crippen LogP contribution in [0.4, 0.5) is 0 Å². The summed E-state index contributed by atoms with van der Waals surface area (Å²) in [5, 5.41) is 13.3.